The van der Waals surface area contributed by atoms with Gasteiger partial charge in [0.15, 0.2) is 0 Å². The molecule has 0 aliphatic carbocycles. The average molecular weight is 291 g/mol. The molecule has 0 aliphatic rings. The van der Waals surface area contributed by atoms with Gasteiger partial charge in [0, 0.05) is 5.56 Å². The van der Waals surface area contributed by atoms with E-state index >= 15 is 0 Å². The van der Waals surface area contributed by atoms with Gasteiger partial charge in [0.2, 0.25) is 0 Å². The highest BCUT2D eigenvalue weighted by molar-refractivity contribution is 5.97. The molecule has 0 atom stereocenters. The monoisotopic (exact) mass is 291 g/mol. The molecule has 1 aromatic rings. The summed E-state index contributed by atoms with van der Waals surface area (Å²) in [4.78, 5) is 23.6. The number of unbranched alkanes of at least 4 members (excludes halogenated alkanes) is 1. The summed E-state index contributed by atoms with van der Waals surface area (Å²) >= 11 is 0. The highest BCUT2D eigenvalue weighted by atomic mass is 16.4. The van der Waals surface area contributed by atoms with Crippen LogP contribution in [0.15, 0.2) is 24.3 Å². The third kappa shape index (κ3) is 4.31. The van der Waals surface area contributed by atoms with Crippen molar-refractivity contribution in [1.29, 1.82) is 0 Å². The standard InChI is InChI=1S/C17H25NO3/c1-4-7-8-13-9-11-14(12-10-13)15(19)18-17(5-2,6-3)16(20)21/h9-12H,4-8H2,1-3H3,(H,18,19)(H,20,21). The maximum atomic E-state index is 12.2. The van der Waals surface area contributed by atoms with Crippen LogP contribution in [0.25, 0.3) is 0 Å². The molecule has 2 N–H and O–H groups in total. The molecule has 4 nitrogen and oxygen atoms in total. The third-order valence-electron chi connectivity index (χ3n) is 4.00. The highest BCUT2D eigenvalue weighted by Crippen LogP contribution is 2.17. The number of carboxylic acid groups (broad SMARTS) is 1. The first-order valence-electron chi connectivity index (χ1n) is 7.64. The summed E-state index contributed by atoms with van der Waals surface area (Å²) in [6.07, 6.45) is 3.98. The van der Waals surface area contributed by atoms with Crippen molar-refractivity contribution in [2.75, 3.05) is 0 Å². The van der Waals surface area contributed by atoms with Crippen LogP contribution in [0.2, 0.25) is 0 Å². The molecular formula is C17H25NO3. The number of carbonyl (C=O) groups excluding carboxylic acids is 1. The number of benzene rings is 1. The Morgan fingerprint density at radius 1 is 1.10 bits per heavy atom. The van der Waals surface area contributed by atoms with Crippen LogP contribution >= 0.6 is 0 Å². The van der Waals surface area contributed by atoms with E-state index in [0.717, 1.165) is 19.3 Å². The van der Waals surface area contributed by atoms with Gasteiger partial charge in [0.25, 0.3) is 5.91 Å². The first kappa shape index (κ1) is 17.2. The minimum Gasteiger partial charge on any atom is -0.480 e. The Morgan fingerprint density at radius 3 is 2.10 bits per heavy atom. The number of hydrogen-bond acceptors (Lipinski definition) is 2. The molecule has 0 aromatic heterocycles. The van der Waals surface area contributed by atoms with Gasteiger partial charge in [-0.1, -0.05) is 39.3 Å². The molecule has 21 heavy (non-hydrogen) atoms. The molecule has 1 rings (SSSR count). The summed E-state index contributed by atoms with van der Waals surface area (Å²) in [5, 5.41) is 12.0. The topological polar surface area (TPSA) is 66.4 Å². The molecule has 0 radical (unpaired) electrons. The van der Waals surface area contributed by atoms with Crippen LogP contribution in [-0.2, 0) is 11.2 Å². The van der Waals surface area contributed by atoms with Gasteiger partial charge >= 0.3 is 5.97 Å². The Bertz CT molecular complexity index is 475. The van der Waals surface area contributed by atoms with Crippen molar-refractivity contribution >= 4 is 11.9 Å². The lowest BCUT2D eigenvalue weighted by Crippen LogP contribution is -2.53. The molecule has 4 heteroatoms. The number of carboxylic acids is 1. The number of aryl methyl sites for hydroxylation is 1. The molecule has 0 fully saturated rings. The molecule has 0 heterocycles. The lowest BCUT2D eigenvalue weighted by Gasteiger charge is -2.28. The fourth-order valence-corrected chi connectivity index (χ4v) is 2.28. The Kier molecular flexibility index (Phi) is 6.40. The van der Waals surface area contributed by atoms with Crippen LogP contribution in [0.5, 0.6) is 0 Å². The summed E-state index contributed by atoms with van der Waals surface area (Å²) in [5.41, 5.74) is 0.518. The van der Waals surface area contributed by atoms with E-state index in [-0.39, 0.29) is 5.91 Å². The van der Waals surface area contributed by atoms with E-state index < -0.39 is 11.5 Å². The van der Waals surface area contributed by atoms with E-state index in [1.165, 1.54) is 5.56 Å². The van der Waals surface area contributed by atoms with Gasteiger partial charge in [-0.25, -0.2) is 4.79 Å². The molecule has 0 saturated heterocycles. The SMILES string of the molecule is CCCCc1ccc(C(=O)NC(CC)(CC)C(=O)O)cc1. The zero-order chi connectivity index (χ0) is 15.9. The number of nitrogens with one attached hydrogen (secondary N) is 1. The zero-order valence-electron chi connectivity index (χ0n) is 13.1. The van der Waals surface area contributed by atoms with E-state index in [0.29, 0.717) is 18.4 Å². The predicted molar refractivity (Wildman–Crippen MR) is 83.5 cm³/mol. The molecule has 0 unspecified atom stereocenters. The van der Waals surface area contributed by atoms with Gasteiger partial charge in [-0.3, -0.25) is 4.79 Å². The summed E-state index contributed by atoms with van der Waals surface area (Å²) in [5.74, 6) is -1.32. The van der Waals surface area contributed by atoms with Crippen molar-refractivity contribution in [2.24, 2.45) is 0 Å². The van der Waals surface area contributed by atoms with Crippen LogP contribution in [0.3, 0.4) is 0 Å². The van der Waals surface area contributed by atoms with Crippen molar-refractivity contribution in [3.8, 4) is 0 Å². The smallest absolute Gasteiger partial charge is 0.329 e. The van der Waals surface area contributed by atoms with E-state index in [1.807, 2.05) is 12.1 Å². The van der Waals surface area contributed by atoms with Gasteiger partial charge in [0.1, 0.15) is 5.54 Å². The van der Waals surface area contributed by atoms with Crippen molar-refractivity contribution in [3.05, 3.63) is 35.4 Å². The second-order valence-corrected chi connectivity index (χ2v) is 5.35. The first-order chi connectivity index (χ1) is 9.99. The van der Waals surface area contributed by atoms with E-state index in [1.54, 1.807) is 26.0 Å². The summed E-state index contributed by atoms with van der Waals surface area (Å²) in [7, 11) is 0. The molecule has 0 bridgehead atoms. The molecule has 0 saturated carbocycles. The highest BCUT2D eigenvalue weighted by Gasteiger charge is 2.36. The third-order valence-corrected chi connectivity index (χ3v) is 4.00. The molecule has 0 spiro atoms. The van der Waals surface area contributed by atoms with Gasteiger partial charge in [-0.2, -0.15) is 0 Å². The van der Waals surface area contributed by atoms with Crippen LogP contribution in [0.1, 0.15) is 62.4 Å². The largest absolute Gasteiger partial charge is 0.480 e. The maximum absolute atomic E-state index is 12.2. The van der Waals surface area contributed by atoms with Crippen molar-refractivity contribution < 1.29 is 14.7 Å². The normalized spacial score (nSPS) is 11.2. The van der Waals surface area contributed by atoms with E-state index in [2.05, 4.69) is 12.2 Å². The Morgan fingerprint density at radius 2 is 1.67 bits per heavy atom. The van der Waals surface area contributed by atoms with E-state index in [9.17, 15) is 14.7 Å². The summed E-state index contributed by atoms with van der Waals surface area (Å²) < 4.78 is 0. The zero-order valence-corrected chi connectivity index (χ0v) is 13.1. The average Bonchev–Trinajstić information content (AvgIpc) is 2.50. The molecular weight excluding hydrogens is 266 g/mol. The van der Waals surface area contributed by atoms with Crippen LogP contribution < -0.4 is 5.32 Å². The summed E-state index contributed by atoms with van der Waals surface area (Å²) in [6.45, 7) is 5.68. The van der Waals surface area contributed by atoms with Crippen molar-refractivity contribution in [1.82, 2.24) is 5.32 Å². The fraction of sp³-hybridized carbons (Fsp3) is 0.529. The van der Waals surface area contributed by atoms with Crippen molar-refractivity contribution in [2.45, 2.75) is 58.4 Å². The molecule has 116 valence electrons. The lowest BCUT2D eigenvalue weighted by atomic mass is 9.92. The first-order valence-corrected chi connectivity index (χ1v) is 7.64. The van der Waals surface area contributed by atoms with Gasteiger partial charge < -0.3 is 10.4 Å². The number of carbonyl (C=O) groups is 2. The van der Waals surface area contributed by atoms with Crippen LogP contribution in [0.4, 0.5) is 0 Å². The number of rotatable bonds is 8. The molecule has 1 aromatic carbocycles. The Hall–Kier alpha value is -1.84. The predicted octanol–water partition coefficient (Wildman–Crippen LogP) is 3.40. The quantitative estimate of drug-likeness (QED) is 0.771. The lowest BCUT2D eigenvalue weighted by molar-refractivity contribution is -0.144. The van der Waals surface area contributed by atoms with Gasteiger partial charge in [-0.15, -0.1) is 0 Å². The number of amides is 1. The Balaban J connectivity index is 2.81. The molecule has 1 amide bonds. The second-order valence-electron chi connectivity index (χ2n) is 5.35. The summed E-state index contributed by atoms with van der Waals surface area (Å²) in [6, 6.07) is 7.40. The van der Waals surface area contributed by atoms with E-state index in [4.69, 9.17) is 0 Å². The minimum absolute atomic E-state index is 0.330. The van der Waals surface area contributed by atoms with Crippen LogP contribution in [0, 0.1) is 0 Å². The van der Waals surface area contributed by atoms with Crippen LogP contribution in [-0.4, -0.2) is 22.5 Å². The maximum Gasteiger partial charge on any atom is 0.329 e. The second kappa shape index (κ2) is 7.81. The van der Waals surface area contributed by atoms with Gasteiger partial charge in [-0.05, 0) is 43.4 Å². The minimum atomic E-state index is -1.18. The Labute approximate surface area is 126 Å². The molecule has 0 aliphatic heterocycles. The number of aliphatic carboxylic acids is 1. The van der Waals surface area contributed by atoms with Crippen molar-refractivity contribution in [3.63, 3.8) is 0 Å². The van der Waals surface area contributed by atoms with Gasteiger partial charge in [0.05, 0.1) is 0 Å². The number of hydrogen-bond donors (Lipinski definition) is 2. The fourth-order valence-electron chi connectivity index (χ4n) is 2.28.